The van der Waals surface area contributed by atoms with E-state index < -0.39 is 11.7 Å². The van der Waals surface area contributed by atoms with Gasteiger partial charge in [-0.05, 0) is 60.9 Å². The number of fused-ring (bicyclic) bond motifs is 1. The van der Waals surface area contributed by atoms with Crippen molar-refractivity contribution in [3.8, 4) is 0 Å². The maximum absolute atomic E-state index is 13.8. The molecule has 2 aromatic carbocycles. The molecule has 0 spiro atoms. The topological polar surface area (TPSA) is 50.2 Å². The third kappa shape index (κ3) is 5.19. The van der Waals surface area contributed by atoms with Gasteiger partial charge in [-0.3, -0.25) is 4.79 Å². The molecule has 0 atom stereocenters. The molecule has 192 valence electrons. The van der Waals surface area contributed by atoms with E-state index in [-0.39, 0.29) is 30.4 Å². The highest BCUT2D eigenvalue weighted by molar-refractivity contribution is 6.34. The third-order valence-corrected chi connectivity index (χ3v) is 7.71. The van der Waals surface area contributed by atoms with Crippen molar-refractivity contribution in [3.63, 3.8) is 0 Å². The number of anilines is 1. The van der Waals surface area contributed by atoms with Gasteiger partial charge >= 0.3 is 6.18 Å². The average Bonchev–Trinajstić information content (AvgIpc) is 3.63. The number of aromatic nitrogens is 2. The Bertz CT molecular complexity index is 1290. The average molecular weight is 519 g/mol. The summed E-state index contributed by atoms with van der Waals surface area (Å²) in [5, 5.41) is 3.43. The van der Waals surface area contributed by atoms with Crippen LogP contribution in [0.25, 0.3) is 11.0 Å². The number of amides is 1. The standard InChI is InChI=1S/C27H30ClF3N4O/c1-16-7-9-35(10-8-16)23-14-24-22(13-21(23)28)33-25(34(24)2)12-19-11-17(3-6-20(19)27(29,30)31)15-32-26(36)18-4-5-18/h3,6,11,13-14,16,18H,4-5,7-10,12,15H2,1-2H3,(H,32,36). The Balaban J connectivity index is 1.44. The molecule has 0 unspecified atom stereocenters. The number of benzene rings is 2. The molecule has 5 nitrogen and oxygen atoms in total. The summed E-state index contributed by atoms with van der Waals surface area (Å²) in [5.74, 6) is 1.22. The highest BCUT2D eigenvalue weighted by Gasteiger charge is 2.34. The predicted octanol–water partition coefficient (Wildman–Crippen LogP) is 6.10. The zero-order chi connectivity index (χ0) is 25.6. The van der Waals surface area contributed by atoms with Gasteiger partial charge < -0.3 is 14.8 Å². The largest absolute Gasteiger partial charge is 0.416 e. The Hall–Kier alpha value is -2.74. The monoisotopic (exact) mass is 518 g/mol. The quantitative estimate of drug-likeness (QED) is 0.429. The summed E-state index contributed by atoms with van der Waals surface area (Å²) >= 11 is 6.61. The lowest BCUT2D eigenvalue weighted by Gasteiger charge is -2.32. The number of hydrogen-bond acceptors (Lipinski definition) is 3. The van der Waals surface area contributed by atoms with Crippen LogP contribution in [-0.4, -0.2) is 28.5 Å². The van der Waals surface area contributed by atoms with E-state index in [0.29, 0.717) is 27.8 Å². The number of carbonyl (C=O) groups is 1. The summed E-state index contributed by atoms with van der Waals surface area (Å²) in [5.41, 5.74) is 2.52. The molecule has 3 aromatic rings. The van der Waals surface area contributed by atoms with E-state index in [1.54, 1.807) is 0 Å². The number of hydrogen-bond donors (Lipinski definition) is 1. The molecular weight excluding hydrogens is 489 g/mol. The number of piperidine rings is 1. The van der Waals surface area contributed by atoms with Gasteiger partial charge in [0.1, 0.15) is 5.82 Å². The number of nitrogens with one attached hydrogen (secondary N) is 1. The summed E-state index contributed by atoms with van der Waals surface area (Å²) in [7, 11) is 1.83. The van der Waals surface area contributed by atoms with Crippen molar-refractivity contribution < 1.29 is 18.0 Å². The van der Waals surface area contributed by atoms with Crippen LogP contribution in [-0.2, 0) is 31.0 Å². The van der Waals surface area contributed by atoms with Gasteiger partial charge in [0.15, 0.2) is 0 Å². The fourth-order valence-corrected chi connectivity index (χ4v) is 5.21. The van der Waals surface area contributed by atoms with Crippen LogP contribution < -0.4 is 10.2 Å². The number of rotatable bonds is 6. The molecule has 2 aliphatic rings. The van der Waals surface area contributed by atoms with Crippen molar-refractivity contribution in [2.24, 2.45) is 18.9 Å². The van der Waals surface area contributed by atoms with E-state index in [1.807, 2.05) is 23.7 Å². The first-order valence-corrected chi connectivity index (χ1v) is 12.8. The van der Waals surface area contributed by atoms with E-state index in [9.17, 15) is 18.0 Å². The van der Waals surface area contributed by atoms with Crippen LogP contribution in [0, 0.1) is 11.8 Å². The Labute approximate surface area is 213 Å². The molecule has 9 heteroatoms. The second-order valence-corrected chi connectivity index (χ2v) is 10.6. The number of alkyl halides is 3. The number of nitrogens with zero attached hydrogens (tertiary/aromatic N) is 3. The zero-order valence-electron chi connectivity index (χ0n) is 20.5. The highest BCUT2D eigenvalue weighted by atomic mass is 35.5. The van der Waals surface area contributed by atoms with Gasteiger partial charge in [-0.1, -0.05) is 30.7 Å². The molecule has 1 aromatic heterocycles. The molecule has 0 bridgehead atoms. The molecule has 5 rings (SSSR count). The van der Waals surface area contributed by atoms with Gasteiger partial charge in [0.2, 0.25) is 5.91 Å². The minimum atomic E-state index is -4.49. The number of carbonyl (C=O) groups excluding carboxylic acids is 1. The first-order chi connectivity index (χ1) is 17.1. The Morgan fingerprint density at radius 2 is 1.86 bits per heavy atom. The summed E-state index contributed by atoms with van der Waals surface area (Å²) < 4.78 is 43.4. The normalized spacial score (nSPS) is 17.1. The van der Waals surface area contributed by atoms with Crippen LogP contribution in [0.4, 0.5) is 18.9 Å². The van der Waals surface area contributed by atoms with E-state index in [4.69, 9.17) is 11.6 Å². The lowest BCUT2D eigenvalue weighted by atomic mass is 9.99. The van der Waals surface area contributed by atoms with Gasteiger partial charge in [-0.2, -0.15) is 13.2 Å². The molecule has 1 aliphatic carbocycles. The molecule has 2 heterocycles. The van der Waals surface area contributed by atoms with Crippen LogP contribution in [0.1, 0.15) is 55.1 Å². The molecule has 1 N–H and O–H groups in total. The molecule has 2 fully saturated rings. The van der Waals surface area contributed by atoms with Crippen molar-refractivity contribution in [1.29, 1.82) is 0 Å². The Kier molecular flexibility index (Phi) is 6.66. The number of halogens is 4. The van der Waals surface area contributed by atoms with Crippen molar-refractivity contribution in [2.45, 2.75) is 51.7 Å². The highest BCUT2D eigenvalue weighted by Crippen LogP contribution is 2.36. The van der Waals surface area contributed by atoms with Crippen LogP contribution in [0.2, 0.25) is 5.02 Å². The minimum Gasteiger partial charge on any atom is -0.370 e. The fraction of sp³-hybridized carbons (Fsp3) is 0.481. The van der Waals surface area contributed by atoms with E-state index >= 15 is 0 Å². The third-order valence-electron chi connectivity index (χ3n) is 7.40. The van der Waals surface area contributed by atoms with E-state index in [1.165, 1.54) is 12.1 Å². The SMILES string of the molecule is CC1CCN(c2cc3c(cc2Cl)nc(Cc2cc(CNC(=O)C4CC4)ccc2C(F)(F)F)n3C)CC1. The minimum absolute atomic E-state index is 0.0125. The van der Waals surface area contributed by atoms with Gasteiger partial charge in [-0.25, -0.2) is 4.98 Å². The number of aryl methyl sites for hydroxylation is 1. The smallest absolute Gasteiger partial charge is 0.370 e. The van der Waals surface area contributed by atoms with Crippen molar-refractivity contribution in [3.05, 3.63) is 57.9 Å². The second-order valence-electron chi connectivity index (χ2n) is 10.2. The second kappa shape index (κ2) is 9.61. The van der Waals surface area contributed by atoms with Crippen molar-refractivity contribution in [1.82, 2.24) is 14.9 Å². The summed E-state index contributed by atoms with van der Waals surface area (Å²) in [4.78, 5) is 18.9. The van der Waals surface area contributed by atoms with Crippen LogP contribution in [0.15, 0.2) is 30.3 Å². The van der Waals surface area contributed by atoms with Gasteiger partial charge in [0.25, 0.3) is 0 Å². The molecule has 1 saturated heterocycles. The zero-order valence-corrected chi connectivity index (χ0v) is 21.2. The molecule has 1 saturated carbocycles. The predicted molar refractivity (Wildman–Crippen MR) is 135 cm³/mol. The van der Waals surface area contributed by atoms with Gasteiger partial charge in [-0.15, -0.1) is 0 Å². The lowest BCUT2D eigenvalue weighted by molar-refractivity contribution is -0.138. The first kappa shape index (κ1) is 24.9. The fourth-order valence-electron chi connectivity index (χ4n) is 4.93. The maximum Gasteiger partial charge on any atom is 0.416 e. The van der Waals surface area contributed by atoms with Crippen LogP contribution in [0.5, 0.6) is 0 Å². The molecule has 36 heavy (non-hydrogen) atoms. The lowest BCUT2D eigenvalue weighted by Crippen LogP contribution is -2.32. The Morgan fingerprint density at radius 1 is 1.14 bits per heavy atom. The van der Waals surface area contributed by atoms with Gasteiger partial charge in [0, 0.05) is 39.0 Å². The van der Waals surface area contributed by atoms with E-state index in [2.05, 4.69) is 22.1 Å². The number of imidazole rings is 1. The van der Waals surface area contributed by atoms with Crippen molar-refractivity contribution >= 4 is 34.2 Å². The summed E-state index contributed by atoms with van der Waals surface area (Å²) in [6, 6.07) is 7.87. The van der Waals surface area contributed by atoms with Gasteiger partial charge in [0.05, 0.1) is 27.3 Å². The van der Waals surface area contributed by atoms with E-state index in [0.717, 1.165) is 56.0 Å². The molecule has 0 radical (unpaired) electrons. The molecular formula is C27H30ClF3N4O. The Morgan fingerprint density at radius 3 is 2.53 bits per heavy atom. The van der Waals surface area contributed by atoms with Crippen molar-refractivity contribution in [2.75, 3.05) is 18.0 Å². The first-order valence-electron chi connectivity index (χ1n) is 12.5. The van der Waals surface area contributed by atoms with Crippen LogP contribution >= 0.6 is 11.6 Å². The summed E-state index contributed by atoms with van der Waals surface area (Å²) in [6.07, 6.45) is -0.527. The van der Waals surface area contributed by atoms with Crippen LogP contribution in [0.3, 0.4) is 0 Å². The maximum atomic E-state index is 13.8. The molecule has 1 aliphatic heterocycles. The molecule has 1 amide bonds. The summed E-state index contributed by atoms with van der Waals surface area (Å²) in [6.45, 7) is 4.31.